The highest BCUT2D eigenvalue weighted by Crippen LogP contribution is 2.16. The second kappa shape index (κ2) is 7.83. The van der Waals surface area contributed by atoms with Gasteiger partial charge in [-0.25, -0.2) is 4.39 Å². The van der Waals surface area contributed by atoms with E-state index in [1.54, 1.807) is 12.1 Å². The van der Waals surface area contributed by atoms with Crippen LogP contribution in [0.25, 0.3) is 0 Å². The van der Waals surface area contributed by atoms with Crippen LogP contribution >= 0.6 is 12.2 Å². The highest BCUT2D eigenvalue weighted by Gasteiger charge is 2.18. The molecule has 2 aromatic carbocycles. The summed E-state index contributed by atoms with van der Waals surface area (Å²) in [5, 5.41) is 0. The van der Waals surface area contributed by atoms with Crippen LogP contribution in [0.4, 0.5) is 4.39 Å². The van der Waals surface area contributed by atoms with E-state index in [9.17, 15) is 4.39 Å². The molecule has 3 nitrogen and oxygen atoms in total. The zero-order valence-corrected chi connectivity index (χ0v) is 14.4. The molecule has 0 aliphatic carbocycles. The van der Waals surface area contributed by atoms with Gasteiger partial charge in [-0.15, -0.1) is 0 Å². The minimum Gasteiger partial charge on any atom is -0.389 e. The molecule has 126 valence electrons. The van der Waals surface area contributed by atoms with Gasteiger partial charge in [0.1, 0.15) is 10.8 Å². The second-order valence-corrected chi connectivity index (χ2v) is 6.64. The lowest BCUT2D eigenvalue weighted by Gasteiger charge is -2.35. The molecule has 24 heavy (non-hydrogen) atoms. The number of nitrogens with zero attached hydrogens (tertiary/aromatic N) is 2. The molecule has 0 atom stereocenters. The van der Waals surface area contributed by atoms with Crippen LogP contribution in [0, 0.1) is 5.82 Å². The monoisotopic (exact) mass is 343 g/mol. The van der Waals surface area contributed by atoms with Gasteiger partial charge in [0, 0.05) is 44.8 Å². The third kappa shape index (κ3) is 4.38. The number of thiocarbonyl (C=S) groups is 1. The van der Waals surface area contributed by atoms with Gasteiger partial charge < -0.3 is 5.73 Å². The number of nitrogens with two attached hydrogens (primary N) is 1. The molecular formula is C19H22FN3S. The van der Waals surface area contributed by atoms with E-state index < -0.39 is 0 Å². The summed E-state index contributed by atoms with van der Waals surface area (Å²) in [6, 6.07) is 15.2. The molecule has 0 amide bonds. The molecule has 1 aliphatic heterocycles. The number of rotatable bonds is 5. The zero-order chi connectivity index (χ0) is 16.9. The zero-order valence-electron chi connectivity index (χ0n) is 13.6. The van der Waals surface area contributed by atoms with Crippen molar-refractivity contribution in [2.24, 2.45) is 5.73 Å². The van der Waals surface area contributed by atoms with E-state index in [2.05, 4.69) is 34.1 Å². The van der Waals surface area contributed by atoms with Gasteiger partial charge in [0.05, 0.1) is 0 Å². The molecule has 1 aliphatic rings. The van der Waals surface area contributed by atoms with Crippen molar-refractivity contribution < 1.29 is 4.39 Å². The first kappa shape index (κ1) is 17.0. The van der Waals surface area contributed by atoms with E-state index in [-0.39, 0.29) is 5.82 Å². The van der Waals surface area contributed by atoms with Crippen molar-refractivity contribution in [2.45, 2.75) is 13.1 Å². The molecule has 5 heteroatoms. The Bertz CT molecular complexity index is 697. The Morgan fingerprint density at radius 1 is 0.958 bits per heavy atom. The summed E-state index contributed by atoms with van der Waals surface area (Å²) in [6.45, 7) is 5.59. The van der Waals surface area contributed by atoms with Gasteiger partial charge in [0.15, 0.2) is 0 Å². The third-order valence-electron chi connectivity index (χ3n) is 4.44. The molecule has 0 saturated carbocycles. The van der Waals surface area contributed by atoms with Gasteiger partial charge in [-0.2, -0.15) is 0 Å². The first-order valence-corrected chi connectivity index (χ1v) is 8.59. The molecule has 0 unspecified atom stereocenters. The number of benzene rings is 2. The lowest BCUT2D eigenvalue weighted by molar-refractivity contribution is 0.122. The first-order valence-electron chi connectivity index (χ1n) is 8.18. The van der Waals surface area contributed by atoms with Gasteiger partial charge in [-0.05, 0) is 29.3 Å². The second-order valence-electron chi connectivity index (χ2n) is 6.20. The van der Waals surface area contributed by atoms with Gasteiger partial charge in [-0.3, -0.25) is 9.80 Å². The largest absolute Gasteiger partial charge is 0.389 e. The Balaban J connectivity index is 1.58. The van der Waals surface area contributed by atoms with E-state index >= 15 is 0 Å². The Hall–Kier alpha value is -1.82. The third-order valence-corrected chi connectivity index (χ3v) is 4.66. The molecular weight excluding hydrogens is 321 g/mol. The molecule has 0 bridgehead atoms. The van der Waals surface area contributed by atoms with Gasteiger partial charge in [-0.1, -0.05) is 42.5 Å². The van der Waals surface area contributed by atoms with Crippen molar-refractivity contribution in [3.05, 3.63) is 71.0 Å². The summed E-state index contributed by atoms with van der Waals surface area (Å²) in [5.74, 6) is -0.243. The van der Waals surface area contributed by atoms with Crippen molar-refractivity contribution in [2.75, 3.05) is 26.2 Å². The van der Waals surface area contributed by atoms with Crippen molar-refractivity contribution in [1.82, 2.24) is 9.80 Å². The van der Waals surface area contributed by atoms with E-state index in [1.165, 1.54) is 11.6 Å². The number of hydrogen-bond acceptors (Lipinski definition) is 3. The lowest BCUT2D eigenvalue weighted by Crippen LogP contribution is -2.45. The topological polar surface area (TPSA) is 32.5 Å². The van der Waals surface area contributed by atoms with Crippen molar-refractivity contribution in [3.63, 3.8) is 0 Å². The van der Waals surface area contributed by atoms with Crippen LogP contribution in [-0.4, -0.2) is 41.0 Å². The molecule has 1 heterocycles. The molecule has 1 saturated heterocycles. The minimum absolute atomic E-state index is 0.243. The molecule has 0 spiro atoms. The fourth-order valence-electron chi connectivity index (χ4n) is 3.12. The van der Waals surface area contributed by atoms with Crippen LogP contribution in [0.1, 0.15) is 16.7 Å². The maximum absolute atomic E-state index is 13.6. The fourth-order valence-corrected chi connectivity index (χ4v) is 3.32. The molecule has 2 N–H and O–H groups in total. The predicted molar refractivity (Wildman–Crippen MR) is 99.3 cm³/mol. The summed E-state index contributed by atoms with van der Waals surface area (Å²) < 4.78 is 13.6. The number of piperazine rings is 1. The van der Waals surface area contributed by atoms with E-state index in [0.29, 0.717) is 11.5 Å². The summed E-state index contributed by atoms with van der Waals surface area (Å²) >= 11 is 5.08. The smallest absolute Gasteiger partial charge is 0.123 e. The predicted octanol–water partition coefficient (Wildman–Crippen LogP) is 2.78. The van der Waals surface area contributed by atoms with Crippen LogP contribution in [0.3, 0.4) is 0 Å². The van der Waals surface area contributed by atoms with E-state index in [1.807, 2.05) is 6.07 Å². The number of halogens is 1. The quantitative estimate of drug-likeness (QED) is 0.846. The SMILES string of the molecule is NC(=S)c1ccc(F)cc1CN1CCN(Cc2ccccc2)CC1. The van der Waals surface area contributed by atoms with Gasteiger partial charge in [0.25, 0.3) is 0 Å². The maximum atomic E-state index is 13.6. The Morgan fingerprint density at radius 2 is 1.58 bits per heavy atom. The van der Waals surface area contributed by atoms with Crippen molar-refractivity contribution in [3.8, 4) is 0 Å². The fraction of sp³-hybridized carbons (Fsp3) is 0.316. The van der Waals surface area contributed by atoms with Crippen LogP contribution in [-0.2, 0) is 13.1 Å². The van der Waals surface area contributed by atoms with Crippen LogP contribution < -0.4 is 5.73 Å². The maximum Gasteiger partial charge on any atom is 0.123 e. The average Bonchev–Trinajstić information content (AvgIpc) is 2.57. The molecule has 2 aromatic rings. The van der Waals surface area contributed by atoms with Crippen LogP contribution in [0.2, 0.25) is 0 Å². The van der Waals surface area contributed by atoms with Gasteiger partial charge in [0.2, 0.25) is 0 Å². The first-order chi connectivity index (χ1) is 11.6. The number of hydrogen-bond donors (Lipinski definition) is 1. The Labute approximate surface area is 147 Å². The molecule has 3 rings (SSSR count). The summed E-state index contributed by atoms with van der Waals surface area (Å²) in [5.41, 5.74) is 8.75. The summed E-state index contributed by atoms with van der Waals surface area (Å²) in [7, 11) is 0. The molecule has 0 aromatic heterocycles. The van der Waals surface area contributed by atoms with E-state index in [4.69, 9.17) is 18.0 Å². The minimum atomic E-state index is -0.243. The van der Waals surface area contributed by atoms with Crippen LogP contribution in [0.5, 0.6) is 0 Å². The highest BCUT2D eigenvalue weighted by molar-refractivity contribution is 7.80. The van der Waals surface area contributed by atoms with Crippen molar-refractivity contribution in [1.29, 1.82) is 0 Å². The standard InChI is InChI=1S/C19H22FN3S/c20-17-6-7-18(19(21)24)16(12-17)14-23-10-8-22(9-11-23)13-15-4-2-1-3-5-15/h1-7,12H,8-11,13-14H2,(H2,21,24). The lowest BCUT2D eigenvalue weighted by atomic mass is 10.1. The summed E-state index contributed by atoms with van der Waals surface area (Å²) in [4.78, 5) is 5.11. The van der Waals surface area contributed by atoms with Crippen molar-refractivity contribution >= 4 is 17.2 Å². The highest BCUT2D eigenvalue weighted by atomic mass is 32.1. The van der Waals surface area contributed by atoms with Gasteiger partial charge >= 0.3 is 0 Å². The Kier molecular flexibility index (Phi) is 5.56. The summed E-state index contributed by atoms with van der Waals surface area (Å²) in [6.07, 6.45) is 0. The van der Waals surface area contributed by atoms with Crippen LogP contribution in [0.15, 0.2) is 48.5 Å². The Morgan fingerprint density at radius 3 is 2.21 bits per heavy atom. The average molecular weight is 343 g/mol. The molecule has 1 fully saturated rings. The normalized spacial score (nSPS) is 16.2. The van der Waals surface area contributed by atoms with E-state index in [0.717, 1.165) is 43.9 Å². The molecule has 0 radical (unpaired) electrons.